The highest BCUT2D eigenvalue weighted by molar-refractivity contribution is 5.95. The normalized spacial score (nSPS) is 22.8. The maximum Gasteiger partial charge on any atom is 0.257 e. The Kier molecular flexibility index (Phi) is 6.20. The molecule has 0 aliphatic carbocycles. The van der Waals surface area contributed by atoms with Gasteiger partial charge in [0, 0.05) is 37.6 Å². The average molecular weight is 494 g/mol. The van der Waals surface area contributed by atoms with Crippen LogP contribution in [0, 0.1) is 24.0 Å². The molecule has 0 saturated carbocycles. The van der Waals surface area contributed by atoms with E-state index in [0.717, 1.165) is 11.2 Å². The first kappa shape index (κ1) is 23.9. The Labute approximate surface area is 207 Å². The molecule has 186 valence electrons. The molecular formula is C26H25F2N5O3. The smallest absolute Gasteiger partial charge is 0.257 e. The molecule has 2 amide bonds. The lowest BCUT2D eigenvalue weighted by Crippen LogP contribution is -2.51. The van der Waals surface area contributed by atoms with Crippen molar-refractivity contribution >= 4 is 23.7 Å². The first-order valence-corrected chi connectivity index (χ1v) is 11.7. The number of rotatable bonds is 4. The number of carbonyl (C=O) groups excluding carboxylic acids is 2. The second kappa shape index (κ2) is 9.33. The largest absolute Gasteiger partial charge is 0.342 e. The van der Waals surface area contributed by atoms with Crippen LogP contribution in [0.5, 0.6) is 0 Å². The molecule has 1 spiro atoms. The summed E-state index contributed by atoms with van der Waals surface area (Å²) in [6.07, 6.45) is 7.79. The molecular weight excluding hydrogens is 468 g/mol. The fraction of sp³-hybridized carbons (Fsp3) is 0.346. The van der Waals surface area contributed by atoms with E-state index in [9.17, 15) is 18.4 Å². The van der Waals surface area contributed by atoms with Gasteiger partial charge in [0.05, 0.1) is 17.9 Å². The highest BCUT2D eigenvalue weighted by Crippen LogP contribution is 2.47. The number of terminal acetylenes is 1. The van der Waals surface area contributed by atoms with E-state index in [1.54, 1.807) is 34.1 Å². The second-order valence-electron chi connectivity index (χ2n) is 9.17. The van der Waals surface area contributed by atoms with Gasteiger partial charge in [0.2, 0.25) is 0 Å². The molecule has 3 saturated heterocycles. The summed E-state index contributed by atoms with van der Waals surface area (Å²) >= 11 is 0. The Bertz CT molecular complexity index is 1230. The van der Waals surface area contributed by atoms with Crippen LogP contribution in [-0.4, -0.2) is 52.7 Å². The topological polar surface area (TPSA) is 91.5 Å². The summed E-state index contributed by atoms with van der Waals surface area (Å²) in [5.74, 6) is 6.36. The lowest BCUT2D eigenvalue weighted by Gasteiger charge is -2.37. The molecule has 2 aromatic carbocycles. The van der Waals surface area contributed by atoms with E-state index in [2.05, 4.69) is 11.0 Å². The summed E-state index contributed by atoms with van der Waals surface area (Å²) < 4.78 is 33.9. The van der Waals surface area contributed by atoms with Crippen molar-refractivity contribution in [1.82, 2.24) is 9.80 Å². The van der Waals surface area contributed by atoms with Crippen LogP contribution < -0.4 is 11.0 Å². The molecule has 36 heavy (non-hydrogen) atoms. The zero-order chi connectivity index (χ0) is 25.4. The molecule has 3 aliphatic rings. The van der Waals surface area contributed by atoms with Gasteiger partial charge >= 0.3 is 0 Å². The van der Waals surface area contributed by atoms with Crippen LogP contribution in [0.25, 0.3) is 0 Å². The number of hydrogen-bond acceptors (Lipinski definition) is 6. The van der Waals surface area contributed by atoms with E-state index < -0.39 is 29.5 Å². The van der Waals surface area contributed by atoms with E-state index in [-0.39, 0.29) is 11.8 Å². The number of carbonyl (C=O) groups is 2. The van der Waals surface area contributed by atoms with Crippen LogP contribution in [0.15, 0.2) is 47.6 Å². The number of nitrogens with two attached hydrogens (primary N) is 1. The number of hydrogen-bond donors (Lipinski definition) is 1. The molecule has 2 N–H and O–H groups in total. The van der Waals surface area contributed by atoms with Gasteiger partial charge in [0.15, 0.2) is 5.60 Å². The molecule has 2 atom stereocenters. The summed E-state index contributed by atoms with van der Waals surface area (Å²) in [5.41, 5.74) is 0.455. The Morgan fingerprint density at radius 1 is 1.17 bits per heavy atom. The summed E-state index contributed by atoms with van der Waals surface area (Å²) in [4.78, 5) is 29.9. The molecule has 8 nitrogen and oxygen atoms in total. The summed E-state index contributed by atoms with van der Waals surface area (Å²) in [7, 11) is 0. The highest BCUT2D eigenvalue weighted by atomic mass is 19.1. The van der Waals surface area contributed by atoms with Gasteiger partial charge in [-0.05, 0) is 54.8 Å². The molecule has 0 bridgehead atoms. The minimum atomic E-state index is -1.02. The SMILES string of the molecule is C#C/C=N\N(N)c1ccc(C(=O)N2CCC3(CC2)O[C@@H]2CC[C@@H](c4cc(F)cc(F)c4)N2C3=O)cc1. The molecule has 2 aromatic rings. The number of hydrazone groups is 1. The van der Waals surface area contributed by atoms with Gasteiger partial charge in [-0.1, -0.05) is 5.92 Å². The van der Waals surface area contributed by atoms with Crippen molar-refractivity contribution in [3.05, 3.63) is 65.2 Å². The number of amides is 2. The number of hydrazine groups is 1. The van der Waals surface area contributed by atoms with Crippen LogP contribution >= 0.6 is 0 Å². The van der Waals surface area contributed by atoms with Gasteiger partial charge in [0.25, 0.3) is 11.8 Å². The summed E-state index contributed by atoms with van der Waals surface area (Å²) in [5, 5.41) is 4.96. The Balaban J connectivity index is 1.25. The van der Waals surface area contributed by atoms with Gasteiger partial charge in [-0.3, -0.25) is 9.59 Å². The third-order valence-corrected chi connectivity index (χ3v) is 7.08. The maximum atomic E-state index is 13.8. The number of likely N-dealkylation sites (tertiary alicyclic amines) is 1. The molecule has 3 heterocycles. The van der Waals surface area contributed by atoms with Crippen molar-refractivity contribution < 1.29 is 23.1 Å². The quantitative estimate of drug-likeness (QED) is 0.306. The second-order valence-corrected chi connectivity index (χ2v) is 9.17. The predicted molar refractivity (Wildman–Crippen MR) is 128 cm³/mol. The zero-order valence-electron chi connectivity index (χ0n) is 19.4. The first-order chi connectivity index (χ1) is 17.3. The number of ether oxygens (including phenoxy) is 1. The van der Waals surface area contributed by atoms with Gasteiger partial charge in [-0.15, -0.1) is 6.42 Å². The standard InChI is InChI=1S/C26H25F2N5O3/c1-2-11-30-33(29)21-5-3-17(4-6-21)24(34)31-12-9-26(10-13-31)25(35)32-22(7-8-23(32)36-26)18-14-19(27)16-20(28)15-18/h1,3-6,11,14-16,22-23H,7-10,12-13,29H2/b30-11-/t22-,23+/m0/s1. The van der Waals surface area contributed by atoms with E-state index in [4.69, 9.17) is 17.0 Å². The third kappa shape index (κ3) is 4.21. The number of piperidine rings is 1. The monoisotopic (exact) mass is 493 g/mol. The van der Waals surface area contributed by atoms with Crippen molar-refractivity contribution in [2.45, 2.75) is 43.6 Å². The van der Waals surface area contributed by atoms with Crippen LogP contribution in [0.1, 0.15) is 47.6 Å². The fourth-order valence-electron chi connectivity index (χ4n) is 5.31. The molecule has 3 aliphatic heterocycles. The Hall–Kier alpha value is -3.81. The van der Waals surface area contributed by atoms with Crippen molar-refractivity contribution in [3.63, 3.8) is 0 Å². The number of anilines is 1. The minimum absolute atomic E-state index is 0.161. The minimum Gasteiger partial charge on any atom is -0.342 e. The van der Waals surface area contributed by atoms with E-state index in [1.807, 2.05) is 0 Å². The van der Waals surface area contributed by atoms with Crippen LogP contribution in [0.3, 0.4) is 0 Å². The molecule has 0 unspecified atom stereocenters. The van der Waals surface area contributed by atoms with E-state index in [1.165, 1.54) is 18.3 Å². The summed E-state index contributed by atoms with van der Waals surface area (Å²) in [6.45, 7) is 0.698. The molecule has 5 rings (SSSR count). The first-order valence-electron chi connectivity index (χ1n) is 11.7. The van der Waals surface area contributed by atoms with Crippen LogP contribution in [0.2, 0.25) is 0 Å². The molecule has 0 radical (unpaired) electrons. The highest BCUT2D eigenvalue weighted by Gasteiger charge is 2.58. The molecule has 0 aromatic heterocycles. The third-order valence-electron chi connectivity index (χ3n) is 7.08. The van der Waals surface area contributed by atoms with Crippen LogP contribution in [-0.2, 0) is 9.53 Å². The number of nitrogens with zero attached hydrogens (tertiary/aromatic N) is 4. The van der Waals surface area contributed by atoms with Crippen molar-refractivity contribution in [2.75, 3.05) is 18.2 Å². The van der Waals surface area contributed by atoms with Gasteiger partial charge < -0.3 is 14.5 Å². The predicted octanol–water partition coefficient (Wildman–Crippen LogP) is 2.96. The number of fused-ring (bicyclic) bond motifs is 1. The lowest BCUT2D eigenvalue weighted by atomic mass is 9.89. The maximum absolute atomic E-state index is 13.8. The van der Waals surface area contributed by atoms with Gasteiger partial charge in [-0.25, -0.2) is 14.6 Å². The molecule has 3 fully saturated rings. The number of halogens is 2. The average Bonchev–Trinajstić information content (AvgIpc) is 3.40. The Morgan fingerprint density at radius 2 is 1.83 bits per heavy atom. The van der Waals surface area contributed by atoms with E-state index >= 15 is 0 Å². The summed E-state index contributed by atoms with van der Waals surface area (Å²) in [6, 6.07) is 9.57. The van der Waals surface area contributed by atoms with Crippen molar-refractivity contribution in [3.8, 4) is 12.3 Å². The van der Waals surface area contributed by atoms with Gasteiger partial charge in [0.1, 0.15) is 17.9 Å². The fourth-order valence-corrected chi connectivity index (χ4v) is 5.31. The lowest BCUT2D eigenvalue weighted by molar-refractivity contribution is -0.142. The Morgan fingerprint density at radius 3 is 2.47 bits per heavy atom. The zero-order valence-corrected chi connectivity index (χ0v) is 19.4. The van der Waals surface area contributed by atoms with Crippen molar-refractivity contribution in [2.24, 2.45) is 10.9 Å². The van der Waals surface area contributed by atoms with Gasteiger partial charge in [-0.2, -0.15) is 10.2 Å². The van der Waals surface area contributed by atoms with E-state index in [0.29, 0.717) is 55.6 Å². The molecule has 10 heteroatoms. The van der Waals surface area contributed by atoms with Crippen molar-refractivity contribution in [1.29, 1.82) is 0 Å². The number of benzene rings is 2. The van der Waals surface area contributed by atoms with Crippen LogP contribution in [0.4, 0.5) is 14.5 Å².